The number of likely N-dealkylation sites (N-methyl/N-ethyl adjacent to an activating group) is 1. The summed E-state index contributed by atoms with van der Waals surface area (Å²) in [5.41, 5.74) is 1.27. The van der Waals surface area contributed by atoms with Crippen LogP contribution in [0.4, 0.5) is 0 Å². The minimum Gasteiger partial charge on any atom is -0.371 e. The molecule has 1 aliphatic rings. The average molecular weight is 234 g/mol. The van der Waals surface area contributed by atoms with Crippen molar-refractivity contribution in [3.05, 3.63) is 35.9 Å². The van der Waals surface area contributed by atoms with Gasteiger partial charge in [0.1, 0.15) is 6.54 Å². The molecule has 2 heteroatoms. The monoisotopic (exact) mass is 234 g/mol. The lowest BCUT2D eigenvalue weighted by molar-refractivity contribution is -0.919. The van der Waals surface area contributed by atoms with Crippen LogP contribution in [0.1, 0.15) is 25.3 Å². The maximum atomic E-state index is 5.78. The van der Waals surface area contributed by atoms with E-state index in [1.807, 2.05) is 6.07 Å². The van der Waals surface area contributed by atoms with Crippen molar-refractivity contribution in [2.24, 2.45) is 0 Å². The Balaban J connectivity index is 1.70. The summed E-state index contributed by atoms with van der Waals surface area (Å²) >= 11 is 0. The molecule has 0 bridgehead atoms. The molecule has 1 aromatic carbocycles. The van der Waals surface area contributed by atoms with Crippen molar-refractivity contribution in [1.29, 1.82) is 0 Å². The van der Waals surface area contributed by atoms with Crippen molar-refractivity contribution < 1.29 is 9.22 Å². The molecular formula is C15H24NO+. The van der Waals surface area contributed by atoms with Crippen LogP contribution in [0.25, 0.3) is 0 Å². The van der Waals surface area contributed by atoms with Gasteiger partial charge in [0, 0.05) is 12.8 Å². The molecule has 1 fully saturated rings. The normalized spacial score (nSPS) is 28.5. The van der Waals surface area contributed by atoms with Crippen molar-refractivity contribution in [2.45, 2.75) is 32.4 Å². The summed E-state index contributed by atoms with van der Waals surface area (Å²) in [4.78, 5) is 0. The predicted molar refractivity (Wildman–Crippen MR) is 70.7 cm³/mol. The van der Waals surface area contributed by atoms with Crippen LogP contribution in [0.2, 0.25) is 0 Å². The standard InChI is InChI=1S/C15H24NO/c1-14-7-6-10-16(14,2)11-12-17-13-15-8-4-3-5-9-15/h3-5,8-9,14H,6-7,10-13H2,1-2H3/q+1. The molecule has 1 aliphatic heterocycles. The van der Waals surface area contributed by atoms with Gasteiger partial charge < -0.3 is 9.22 Å². The zero-order valence-corrected chi connectivity index (χ0v) is 11.1. The van der Waals surface area contributed by atoms with Crippen LogP contribution in [0.5, 0.6) is 0 Å². The molecular weight excluding hydrogens is 210 g/mol. The summed E-state index contributed by atoms with van der Waals surface area (Å²) in [5, 5.41) is 0. The molecule has 2 rings (SSSR count). The Labute approximate surface area is 105 Å². The van der Waals surface area contributed by atoms with Crippen LogP contribution < -0.4 is 0 Å². The van der Waals surface area contributed by atoms with Gasteiger partial charge in [0.25, 0.3) is 0 Å². The maximum Gasteiger partial charge on any atom is 0.102 e. The van der Waals surface area contributed by atoms with Crippen LogP contribution in [-0.2, 0) is 11.3 Å². The topological polar surface area (TPSA) is 9.23 Å². The smallest absolute Gasteiger partial charge is 0.102 e. The lowest BCUT2D eigenvalue weighted by Crippen LogP contribution is -2.48. The van der Waals surface area contributed by atoms with E-state index < -0.39 is 0 Å². The Hall–Kier alpha value is -0.860. The number of rotatable bonds is 5. The molecule has 0 N–H and O–H groups in total. The summed E-state index contributed by atoms with van der Waals surface area (Å²) in [5.74, 6) is 0. The lowest BCUT2D eigenvalue weighted by atomic mass is 10.2. The van der Waals surface area contributed by atoms with E-state index in [1.54, 1.807) is 0 Å². The minimum atomic E-state index is 0.745. The van der Waals surface area contributed by atoms with E-state index in [1.165, 1.54) is 29.4 Å². The molecule has 0 aliphatic carbocycles. The van der Waals surface area contributed by atoms with Crippen molar-refractivity contribution in [1.82, 2.24) is 0 Å². The van der Waals surface area contributed by atoms with E-state index in [4.69, 9.17) is 4.74 Å². The molecule has 17 heavy (non-hydrogen) atoms. The molecule has 0 amide bonds. The fourth-order valence-corrected chi connectivity index (χ4v) is 2.65. The van der Waals surface area contributed by atoms with E-state index >= 15 is 0 Å². The molecule has 1 aromatic rings. The van der Waals surface area contributed by atoms with Crippen LogP contribution in [0.15, 0.2) is 30.3 Å². The second-order valence-corrected chi connectivity index (χ2v) is 5.46. The van der Waals surface area contributed by atoms with Crippen molar-refractivity contribution in [2.75, 3.05) is 26.7 Å². The number of likely N-dealkylation sites (tertiary alicyclic amines) is 1. The number of quaternary nitrogens is 1. The second-order valence-electron chi connectivity index (χ2n) is 5.46. The quantitative estimate of drug-likeness (QED) is 0.562. The lowest BCUT2D eigenvalue weighted by Gasteiger charge is -2.34. The van der Waals surface area contributed by atoms with Crippen LogP contribution in [0, 0.1) is 0 Å². The van der Waals surface area contributed by atoms with Gasteiger partial charge in [-0.15, -0.1) is 0 Å². The molecule has 1 saturated heterocycles. The van der Waals surface area contributed by atoms with Crippen molar-refractivity contribution in [3.8, 4) is 0 Å². The van der Waals surface area contributed by atoms with Crippen LogP contribution in [-0.4, -0.2) is 37.3 Å². The number of benzene rings is 1. The highest BCUT2D eigenvalue weighted by molar-refractivity contribution is 5.13. The molecule has 2 unspecified atom stereocenters. The van der Waals surface area contributed by atoms with Gasteiger partial charge in [-0.25, -0.2) is 0 Å². The van der Waals surface area contributed by atoms with Crippen LogP contribution in [0.3, 0.4) is 0 Å². The Bertz CT molecular complexity index is 338. The number of hydrogen-bond acceptors (Lipinski definition) is 1. The van der Waals surface area contributed by atoms with Crippen LogP contribution >= 0.6 is 0 Å². The largest absolute Gasteiger partial charge is 0.371 e. The molecule has 0 saturated carbocycles. The summed E-state index contributed by atoms with van der Waals surface area (Å²) in [7, 11) is 2.36. The molecule has 94 valence electrons. The van der Waals surface area contributed by atoms with E-state index in [0.29, 0.717) is 0 Å². The molecule has 0 aromatic heterocycles. The highest BCUT2D eigenvalue weighted by Crippen LogP contribution is 2.23. The molecule has 1 heterocycles. The zero-order chi connectivity index (χ0) is 12.1. The fourth-order valence-electron chi connectivity index (χ4n) is 2.65. The second kappa shape index (κ2) is 5.65. The van der Waals surface area contributed by atoms with E-state index in [2.05, 4.69) is 38.2 Å². The zero-order valence-electron chi connectivity index (χ0n) is 11.1. The SMILES string of the molecule is CC1CCC[N+]1(C)CCOCc1ccccc1. The van der Waals surface area contributed by atoms with E-state index in [0.717, 1.165) is 25.8 Å². The molecule has 0 radical (unpaired) electrons. The summed E-state index contributed by atoms with van der Waals surface area (Å²) in [6.07, 6.45) is 2.74. The Morgan fingerprint density at radius 3 is 2.71 bits per heavy atom. The first kappa shape index (κ1) is 12.6. The van der Waals surface area contributed by atoms with Gasteiger partial charge >= 0.3 is 0 Å². The summed E-state index contributed by atoms with van der Waals surface area (Å²) in [6.45, 7) is 6.44. The first-order chi connectivity index (χ1) is 8.21. The number of ether oxygens (including phenoxy) is 1. The molecule has 2 atom stereocenters. The highest BCUT2D eigenvalue weighted by atomic mass is 16.5. The van der Waals surface area contributed by atoms with Crippen molar-refractivity contribution in [3.63, 3.8) is 0 Å². The first-order valence-corrected chi connectivity index (χ1v) is 6.67. The number of hydrogen-bond donors (Lipinski definition) is 0. The van der Waals surface area contributed by atoms with Gasteiger partial charge in [-0.05, 0) is 12.5 Å². The van der Waals surface area contributed by atoms with Gasteiger partial charge in [0.2, 0.25) is 0 Å². The predicted octanol–water partition coefficient (Wildman–Crippen LogP) is 2.83. The first-order valence-electron chi connectivity index (χ1n) is 6.67. The van der Waals surface area contributed by atoms with Gasteiger partial charge in [-0.2, -0.15) is 0 Å². The van der Waals surface area contributed by atoms with Gasteiger partial charge in [-0.1, -0.05) is 30.3 Å². The average Bonchev–Trinajstić information content (AvgIpc) is 2.67. The summed E-state index contributed by atoms with van der Waals surface area (Å²) < 4.78 is 6.97. The highest BCUT2D eigenvalue weighted by Gasteiger charge is 2.33. The Kier molecular flexibility index (Phi) is 4.19. The third kappa shape index (κ3) is 3.30. The maximum absolute atomic E-state index is 5.78. The van der Waals surface area contributed by atoms with E-state index in [9.17, 15) is 0 Å². The van der Waals surface area contributed by atoms with Gasteiger partial charge in [0.15, 0.2) is 0 Å². The third-order valence-corrected chi connectivity index (χ3v) is 4.21. The van der Waals surface area contributed by atoms with Gasteiger partial charge in [0.05, 0.1) is 32.8 Å². The van der Waals surface area contributed by atoms with Crippen molar-refractivity contribution >= 4 is 0 Å². The molecule has 2 nitrogen and oxygen atoms in total. The minimum absolute atomic E-state index is 0.745. The fraction of sp³-hybridized carbons (Fsp3) is 0.600. The Morgan fingerprint density at radius 1 is 1.29 bits per heavy atom. The summed E-state index contributed by atoms with van der Waals surface area (Å²) in [6, 6.07) is 11.2. The number of nitrogens with zero attached hydrogens (tertiary/aromatic N) is 1. The Morgan fingerprint density at radius 2 is 2.06 bits per heavy atom. The third-order valence-electron chi connectivity index (χ3n) is 4.21. The van der Waals surface area contributed by atoms with Gasteiger partial charge in [-0.3, -0.25) is 0 Å². The van der Waals surface area contributed by atoms with E-state index in [-0.39, 0.29) is 0 Å². The molecule has 0 spiro atoms.